The van der Waals surface area contributed by atoms with Crippen LogP contribution in [0.15, 0.2) is 22.7 Å². The number of hydrogen-bond donors (Lipinski definition) is 3. The second kappa shape index (κ2) is 6.26. The lowest BCUT2D eigenvalue weighted by atomic mass is 9.73. The Morgan fingerprint density at radius 2 is 2.00 bits per heavy atom. The predicted octanol–water partition coefficient (Wildman–Crippen LogP) is 1.92. The van der Waals surface area contributed by atoms with Crippen LogP contribution in [0.2, 0.25) is 0 Å². The van der Waals surface area contributed by atoms with Crippen molar-refractivity contribution < 1.29 is 19.8 Å². The fourth-order valence-electron chi connectivity index (χ4n) is 2.31. The maximum absolute atomic E-state index is 11.8. The molecule has 108 valence electrons. The van der Waals surface area contributed by atoms with E-state index < -0.39 is 17.8 Å². The number of aromatic hydroxyl groups is 1. The van der Waals surface area contributed by atoms with Gasteiger partial charge in [-0.05, 0) is 43.0 Å². The number of hydrogen-bond acceptors (Lipinski definition) is 3. The van der Waals surface area contributed by atoms with Gasteiger partial charge in [0.1, 0.15) is 5.75 Å². The molecule has 1 aliphatic carbocycles. The Balaban J connectivity index is 1.82. The van der Waals surface area contributed by atoms with Gasteiger partial charge in [-0.15, -0.1) is 0 Å². The van der Waals surface area contributed by atoms with Crippen molar-refractivity contribution in [1.82, 2.24) is 5.32 Å². The third kappa shape index (κ3) is 3.30. The summed E-state index contributed by atoms with van der Waals surface area (Å²) < 4.78 is 0.872. The number of rotatable bonds is 5. The van der Waals surface area contributed by atoms with Crippen LogP contribution < -0.4 is 5.32 Å². The summed E-state index contributed by atoms with van der Waals surface area (Å²) in [5.41, 5.74) is 0.897. The summed E-state index contributed by atoms with van der Waals surface area (Å²) in [5, 5.41) is 21.1. The summed E-state index contributed by atoms with van der Waals surface area (Å²) >= 11 is 3.38. The Morgan fingerprint density at radius 1 is 1.30 bits per heavy atom. The Labute approximate surface area is 125 Å². The predicted molar refractivity (Wildman–Crippen MR) is 76.4 cm³/mol. The summed E-state index contributed by atoms with van der Waals surface area (Å²) in [7, 11) is 0. The standard InChI is InChI=1S/C14H16BrNO4/c15-12-4-1-9(17)7-8(12)5-6-16-13(18)10-2-3-11(10)14(19)20/h1,4,7,10-11,17H,2-3,5-6H2,(H,16,18)(H,19,20)/t10-,11+/m0/s1. The van der Waals surface area contributed by atoms with Crippen molar-refractivity contribution in [3.05, 3.63) is 28.2 Å². The normalized spacial score (nSPS) is 21.1. The topological polar surface area (TPSA) is 86.6 Å². The van der Waals surface area contributed by atoms with Crippen LogP contribution in [0.4, 0.5) is 0 Å². The van der Waals surface area contributed by atoms with E-state index in [1.807, 2.05) is 0 Å². The van der Waals surface area contributed by atoms with E-state index in [-0.39, 0.29) is 11.7 Å². The van der Waals surface area contributed by atoms with Crippen molar-refractivity contribution >= 4 is 27.8 Å². The number of nitrogens with one attached hydrogen (secondary N) is 1. The molecule has 0 spiro atoms. The smallest absolute Gasteiger partial charge is 0.307 e. The first-order valence-electron chi connectivity index (χ1n) is 6.47. The highest BCUT2D eigenvalue weighted by molar-refractivity contribution is 9.10. The van der Waals surface area contributed by atoms with E-state index in [2.05, 4.69) is 21.2 Å². The Bertz CT molecular complexity index is 532. The van der Waals surface area contributed by atoms with E-state index in [0.29, 0.717) is 25.8 Å². The van der Waals surface area contributed by atoms with Crippen molar-refractivity contribution in [2.75, 3.05) is 6.54 Å². The van der Waals surface area contributed by atoms with Gasteiger partial charge in [0.2, 0.25) is 5.91 Å². The second-order valence-electron chi connectivity index (χ2n) is 4.95. The van der Waals surface area contributed by atoms with Crippen molar-refractivity contribution in [3.8, 4) is 5.75 Å². The second-order valence-corrected chi connectivity index (χ2v) is 5.80. The van der Waals surface area contributed by atoms with Crippen molar-refractivity contribution in [3.63, 3.8) is 0 Å². The fraction of sp³-hybridized carbons (Fsp3) is 0.429. The monoisotopic (exact) mass is 341 g/mol. The molecule has 0 bridgehead atoms. The quantitative estimate of drug-likeness (QED) is 0.763. The van der Waals surface area contributed by atoms with Crippen LogP contribution in [0, 0.1) is 11.8 Å². The van der Waals surface area contributed by atoms with Gasteiger partial charge in [-0.25, -0.2) is 0 Å². The molecule has 0 aromatic heterocycles. The zero-order valence-corrected chi connectivity index (χ0v) is 12.4. The molecular formula is C14H16BrNO4. The Hall–Kier alpha value is -1.56. The number of phenolic OH excluding ortho intramolecular Hbond substituents is 1. The third-order valence-electron chi connectivity index (χ3n) is 3.65. The van der Waals surface area contributed by atoms with Crippen LogP contribution in [-0.2, 0) is 16.0 Å². The largest absolute Gasteiger partial charge is 0.508 e. The lowest BCUT2D eigenvalue weighted by Crippen LogP contribution is -2.44. The van der Waals surface area contributed by atoms with Gasteiger partial charge in [-0.2, -0.15) is 0 Å². The van der Waals surface area contributed by atoms with E-state index in [4.69, 9.17) is 5.11 Å². The van der Waals surface area contributed by atoms with Crippen molar-refractivity contribution in [2.45, 2.75) is 19.3 Å². The van der Waals surface area contributed by atoms with Gasteiger partial charge in [-0.3, -0.25) is 9.59 Å². The number of benzene rings is 1. The number of amides is 1. The average Bonchev–Trinajstić information content (AvgIpc) is 2.31. The van der Waals surface area contributed by atoms with E-state index in [9.17, 15) is 14.7 Å². The van der Waals surface area contributed by atoms with Crippen molar-refractivity contribution in [2.24, 2.45) is 11.8 Å². The van der Waals surface area contributed by atoms with Gasteiger partial charge in [0, 0.05) is 11.0 Å². The van der Waals surface area contributed by atoms with Gasteiger partial charge >= 0.3 is 5.97 Å². The molecule has 1 aliphatic rings. The molecule has 0 aliphatic heterocycles. The van der Waals surface area contributed by atoms with E-state index in [1.165, 1.54) is 0 Å². The van der Waals surface area contributed by atoms with Crippen LogP contribution in [-0.4, -0.2) is 28.6 Å². The summed E-state index contributed by atoms with van der Waals surface area (Å²) in [5.74, 6) is -1.85. The van der Waals surface area contributed by atoms with E-state index in [0.717, 1.165) is 10.0 Å². The molecule has 5 nitrogen and oxygen atoms in total. The number of carbonyl (C=O) groups is 2. The highest BCUT2D eigenvalue weighted by atomic mass is 79.9. The fourth-order valence-corrected chi connectivity index (χ4v) is 2.76. The molecule has 1 aromatic rings. The number of aliphatic carboxylic acids is 1. The molecule has 1 fully saturated rings. The zero-order valence-electron chi connectivity index (χ0n) is 10.8. The Kier molecular flexibility index (Phi) is 4.65. The maximum Gasteiger partial charge on any atom is 0.307 e. The van der Waals surface area contributed by atoms with Gasteiger partial charge in [0.15, 0.2) is 0 Å². The molecule has 0 heterocycles. The lowest BCUT2D eigenvalue weighted by molar-refractivity contribution is -0.152. The number of halogens is 1. The average molecular weight is 342 g/mol. The summed E-state index contributed by atoms with van der Waals surface area (Å²) in [6, 6.07) is 4.97. The molecule has 1 aromatic carbocycles. The highest BCUT2D eigenvalue weighted by Gasteiger charge is 2.41. The molecule has 1 amide bonds. The minimum Gasteiger partial charge on any atom is -0.508 e. The van der Waals surface area contributed by atoms with E-state index >= 15 is 0 Å². The van der Waals surface area contributed by atoms with Crippen LogP contribution in [0.5, 0.6) is 5.75 Å². The van der Waals surface area contributed by atoms with Crippen LogP contribution in [0.3, 0.4) is 0 Å². The summed E-state index contributed by atoms with van der Waals surface area (Å²) in [6.45, 7) is 0.420. The van der Waals surface area contributed by atoms with Gasteiger partial charge in [-0.1, -0.05) is 15.9 Å². The summed E-state index contributed by atoms with van der Waals surface area (Å²) in [6.07, 6.45) is 1.79. The molecule has 0 saturated heterocycles. The third-order valence-corrected chi connectivity index (χ3v) is 4.42. The summed E-state index contributed by atoms with van der Waals surface area (Å²) in [4.78, 5) is 22.7. The molecule has 2 atom stereocenters. The minimum atomic E-state index is -0.896. The van der Waals surface area contributed by atoms with Gasteiger partial charge in [0.05, 0.1) is 11.8 Å². The zero-order chi connectivity index (χ0) is 14.7. The molecular weight excluding hydrogens is 326 g/mol. The molecule has 2 rings (SSSR count). The number of phenols is 1. The Morgan fingerprint density at radius 3 is 2.60 bits per heavy atom. The first-order chi connectivity index (χ1) is 9.49. The van der Waals surface area contributed by atoms with Gasteiger partial charge < -0.3 is 15.5 Å². The first-order valence-corrected chi connectivity index (χ1v) is 7.26. The van der Waals surface area contributed by atoms with Gasteiger partial charge in [0.25, 0.3) is 0 Å². The molecule has 1 saturated carbocycles. The molecule has 6 heteroatoms. The van der Waals surface area contributed by atoms with Crippen LogP contribution in [0.1, 0.15) is 18.4 Å². The molecule has 0 radical (unpaired) electrons. The number of carboxylic acids is 1. The van der Waals surface area contributed by atoms with E-state index in [1.54, 1.807) is 18.2 Å². The number of carboxylic acid groups (broad SMARTS) is 1. The van der Waals surface area contributed by atoms with Crippen LogP contribution in [0.25, 0.3) is 0 Å². The molecule has 0 unspecified atom stereocenters. The molecule has 3 N–H and O–H groups in total. The van der Waals surface area contributed by atoms with Crippen LogP contribution >= 0.6 is 15.9 Å². The minimum absolute atomic E-state index is 0.180. The SMILES string of the molecule is O=C(NCCc1cc(O)ccc1Br)[C@H]1CC[C@H]1C(=O)O. The van der Waals surface area contributed by atoms with Crippen molar-refractivity contribution in [1.29, 1.82) is 0 Å². The molecule has 20 heavy (non-hydrogen) atoms. The maximum atomic E-state index is 11.8. The first kappa shape index (κ1) is 14.8. The lowest BCUT2D eigenvalue weighted by Gasteiger charge is -2.31. The highest BCUT2D eigenvalue weighted by Crippen LogP contribution is 2.34. The number of carbonyl (C=O) groups excluding carboxylic acids is 1.